The topological polar surface area (TPSA) is 57.0 Å². The van der Waals surface area contributed by atoms with Crippen LogP contribution in [0.5, 0.6) is 0 Å². The minimum Gasteiger partial charge on any atom is -0.303 e. The van der Waals surface area contributed by atoms with Crippen LogP contribution in [-0.4, -0.2) is 17.4 Å². The lowest BCUT2D eigenvalue weighted by Crippen LogP contribution is -2.33. The van der Waals surface area contributed by atoms with Gasteiger partial charge in [0, 0.05) is 6.54 Å². The standard InChI is InChI=1S/C15H11F2N3O/c16-11-5-1-2-7-13(11)20(10-4-9-18)15(21)12-6-3-8-14(17)19-12/h1-3,5-8H,4,10H2. The number of nitriles is 1. The van der Waals surface area contributed by atoms with Crippen LogP contribution in [0.1, 0.15) is 16.9 Å². The molecule has 1 aromatic heterocycles. The third kappa shape index (κ3) is 3.39. The van der Waals surface area contributed by atoms with Gasteiger partial charge in [-0.25, -0.2) is 9.37 Å². The monoisotopic (exact) mass is 287 g/mol. The second-order valence-corrected chi connectivity index (χ2v) is 4.16. The molecule has 1 aromatic carbocycles. The molecule has 6 heteroatoms. The molecule has 0 aliphatic carbocycles. The van der Waals surface area contributed by atoms with Crippen molar-refractivity contribution in [3.63, 3.8) is 0 Å². The van der Waals surface area contributed by atoms with E-state index in [0.717, 1.165) is 11.0 Å². The molecule has 0 saturated carbocycles. The zero-order valence-electron chi connectivity index (χ0n) is 11.0. The van der Waals surface area contributed by atoms with Gasteiger partial charge in [-0.3, -0.25) is 4.79 Å². The maximum absolute atomic E-state index is 13.9. The minimum absolute atomic E-state index is 0.00550. The summed E-state index contributed by atoms with van der Waals surface area (Å²) in [4.78, 5) is 17.0. The summed E-state index contributed by atoms with van der Waals surface area (Å²) in [7, 11) is 0. The van der Waals surface area contributed by atoms with Crippen LogP contribution in [0, 0.1) is 23.1 Å². The van der Waals surface area contributed by atoms with E-state index in [4.69, 9.17) is 5.26 Å². The fraction of sp³-hybridized carbons (Fsp3) is 0.133. The summed E-state index contributed by atoms with van der Waals surface area (Å²) in [5.41, 5.74) is -0.111. The van der Waals surface area contributed by atoms with Crippen molar-refractivity contribution >= 4 is 11.6 Å². The average Bonchev–Trinajstić information content (AvgIpc) is 2.49. The van der Waals surface area contributed by atoms with E-state index in [1.165, 1.54) is 30.3 Å². The molecule has 0 aliphatic heterocycles. The lowest BCUT2D eigenvalue weighted by atomic mass is 10.2. The Balaban J connectivity index is 2.39. The number of rotatable bonds is 4. The summed E-state index contributed by atoms with van der Waals surface area (Å²) in [6, 6.07) is 11.4. The van der Waals surface area contributed by atoms with Crippen molar-refractivity contribution in [1.82, 2.24) is 4.98 Å². The van der Waals surface area contributed by atoms with E-state index in [1.807, 2.05) is 6.07 Å². The van der Waals surface area contributed by atoms with Crippen molar-refractivity contribution < 1.29 is 13.6 Å². The Bertz CT molecular complexity index is 697. The second-order valence-electron chi connectivity index (χ2n) is 4.16. The summed E-state index contributed by atoms with van der Waals surface area (Å²) in [5.74, 6) is -2.05. The Morgan fingerprint density at radius 1 is 1.19 bits per heavy atom. The Labute approximate surface area is 120 Å². The fourth-order valence-electron chi connectivity index (χ4n) is 1.83. The van der Waals surface area contributed by atoms with Gasteiger partial charge in [0.1, 0.15) is 11.5 Å². The van der Waals surface area contributed by atoms with Crippen LogP contribution in [0.15, 0.2) is 42.5 Å². The maximum Gasteiger partial charge on any atom is 0.277 e. The average molecular weight is 287 g/mol. The smallest absolute Gasteiger partial charge is 0.277 e. The normalized spacial score (nSPS) is 9.95. The predicted octanol–water partition coefficient (Wildman–Crippen LogP) is 2.92. The van der Waals surface area contributed by atoms with Gasteiger partial charge in [0.25, 0.3) is 5.91 Å². The predicted molar refractivity (Wildman–Crippen MR) is 72.5 cm³/mol. The molecule has 2 aromatic rings. The van der Waals surface area contributed by atoms with E-state index in [0.29, 0.717) is 0 Å². The zero-order chi connectivity index (χ0) is 15.2. The third-order valence-corrected chi connectivity index (χ3v) is 2.77. The fourth-order valence-corrected chi connectivity index (χ4v) is 1.83. The SMILES string of the molecule is N#CCCN(C(=O)c1cccc(F)n1)c1ccccc1F. The van der Waals surface area contributed by atoms with Crippen molar-refractivity contribution in [1.29, 1.82) is 5.26 Å². The number of hydrogen-bond donors (Lipinski definition) is 0. The quantitative estimate of drug-likeness (QED) is 0.812. The molecule has 4 nitrogen and oxygen atoms in total. The number of aromatic nitrogens is 1. The molecule has 0 aliphatic rings. The Morgan fingerprint density at radius 2 is 1.95 bits per heavy atom. The first-order valence-corrected chi connectivity index (χ1v) is 6.19. The summed E-state index contributed by atoms with van der Waals surface area (Å²) >= 11 is 0. The number of anilines is 1. The summed E-state index contributed by atoms with van der Waals surface area (Å²) in [5, 5.41) is 8.67. The van der Waals surface area contributed by atoms with Crippen LogP contribution >= 0.6 is 0 Å². The van der Waals surface area contributed by atoms with Gasteiger partial charge in [0.05, 0.1) is 18.2 Å². The summed E-state index contributed by atoms with van der Waals surface area (Å²) in [6.45, 7) is -0.00550. The largest absolute Gasteiger partial charge is 0.303 e. The highest BCUT2D eigenvalue weighted by atomic mass is 19.1. The van der Waals surface area contributed by atoms with E-state index in [-0.39, 0.29) is 24.3 Å². The second kappa shape index (κ2) is 6.57. The van der Waals surface area contributed by atoms with Crippen LogP contribution < -0.4 is 4.90 Å². The molecular weight excluding hydrogens is 276 g/mol. The van der Waals surface area contributed by atoms with Crippen molar-refractivity contribution in [2.75, 3.05) is 11.4 Å². The minimum atomic E-state index is -0.797. The Morgan fingerprint density at radius 3 is 2.62 bits per heavy atom. The van der Waals surface area contributed by atoms with Crippen LogP contribution in [0.25, 0.3) is 0 Å². The van der Waals surface area contributed by atoms with Crippen LogP contribution in [0.4, 0.5) is 14.5 Å². The molecule has 0 atom stereocenters. The van der Waals surface area contributed by atoms with Gasteiger partial charge in [-0.1, -0.05) is 18.2 Å². The van der Waals surface area contributed by atoms with E-state index in [2.05, 4.69) is 4.98 Å². The molecule has 0 fully saturated rings. The highest BCUT2D eigenvalue weighted by Gasteiger charge is 2.21. The Kier molecular flexibility index (Phi) is 4.57. The Hall–Kier alpha value is -2.81. The van der Waals surface area contributed by atoms with E-state index in [1.54, 1.807) is 6.07 Å². The number of pyridine rings is 1. The van der Waals surface area contributed by atoms with Gasteiger partial charge in [-0.15, -0.1) is 0 Å². The molecular formula is C15H11F2N3O. The number of carbonyl (C=O) groups excluding carboxylic acids is 1. The van der Waals surface area contributed by atoms with E-state index < -0.39 is 17.7 Å². The van der Waals surface area contributed by atoms with Gasteiger partial charge in [0.2, 0.25) is 5.95 Å². The van der Waals surface area contributed by atoms with Gasteiger partial charge in [-0.2, -0.15) is 9.65 Å². The lowest BCUT2D eigenvalue weighted by molar-refractivity contribution is 0.0980. The number of hydrogen-bond acceptors (Lipinski definition) is 3. The molecule has 0 saturated heterocycles. The summed E-state index contributed by atoms with van der Waals surface area (Å²) in [6.07, 6.45) is 0.0232. The first-order valence-electron chi connectivity index (χ1n) is 6.19. The first-order chi connectivity index (χ1) is 10.1. The molecule has 1 heterocycles. The van der Waals surface area contributed by atoms with Crippen LogP contribution in [-0.2, 0) is 0 Å². The molecule has 21 heavy (non-hydrogen) atoms. The zero-order valence-corrected chi connectivity index (χ0v) is 11.0. The number of halogens is 2. The maximum atomic E-state index is 13.9. The molecule has 0 radical (unpaired) electrons. The van der Waals surface area contributed by atoms with Gasteiger partial charge in [-0.05, 0) is 24.3 Å². The molecule has 2 rings (SSSR count). The molecule has 0 unspecified atom stereocenters. The van der Waals surface area contributed by atoms with Gasteiger partial charge >= 0.3 is 0 Å². The molecule has 1 amide bonds. The molecule has 0 bridgehead atoms. The van der Waals surface area contributed by atoms with E-state index in [9.17, 15) is 13.6 Å². The van der Waals surface area contributed by atoms with Crippen molar-refractivity contribution in [2.45, 2.75) is 6.42 Å². The summed E-state index contributed by atoms with van der Waals surface area (Å²) < 4.78 is 27.0. The van der Waals surface area contributed by atoms with E-state index >= 15 is 0 Å². The van der Waals surface area contributed by atoms with Crippen molar-refractivity contribution in [2.24, 2.45) is 0 Å². The van der Waals surface area contributed by atoms with Crippen molar-refractivity contribution in [3.05, 3.63) is 59.9 Å². The number of benzene rings is 1. The first kappa shape index (κ1) is 14.6. The highest BCUT2D eigenvalue weighted by Crippen LogP contribution is 2.21. The van der Waals surface area contributed by atoms with Crippen LogP contribution in [0.3, 0.4) is 0 Å². The van der Waals surface area contributed by atoms with Crippen molar-refractivity contribution in [3.8, 4) is 6.07 Å². The number of amides is 1. The molecule has 0 spiro atoms. The number of carbonyl (C=O) groups is 1. The van der Waals surface area contributed by atoms with Crippen LogP contribution in [0.2, 0.25) is 0 Å². The number of nitrogens with zero attached hydrogens (tertiary/aromatic N) is 3. The molecule has 106 valence electrons. The van der Waals surface area contributed by atoms with Gasteiger partial charge < -0.3 is 4.90 Å². The third-order valence-electron chi connectivity index (χ3n) is 2.77. The molecule has 0 N–H and O–H groups in total. The van der Waals surface area contributed by atoms with Gasteiger partial charge in [0.15, 0.2) is 0 Å². The lowest BCUT2D eigenvalue weighted by Gasteiger charge is -2.21. The highest BCUT2D eigenvalue weighted by molar-refractivity contribution is 6.04. The number of para-hydroxylation sites is 1.